The van der Waals surface area contributed by atoms with Crippen molar-refractivity contribution in [2.24, 2.45) is 0 Å². The summed E-state index contributed by atoms with van der Waals surface area (Å²) >= 11 is 6.24. The van der Waals surface area contributed by atoms with Crippen LogP contribution in [0.2, 0.25) is 0 Å². The van der Waals surface area contributed by atoms with Crippen LogP contribution in [0.5, 0.6) is 0 Å². The van der Waals surface area contributed by atoms with Crippen molar-refractivity contribution in [2.45, 2.75) is 25.2 Å². The first-order valence-electron chi connectivity index (χ1n) is 6.57. The van der Waals surface area contributed by atoms with Crippen molar-refractivity contribution < 1.29 is 4.39 Å². The largest absolute Gasteiger partial charge is 0.207 e. The summed E-state index contributed by atoms with van der Waals surface area (Å²) in [5, 5.41) is 0. The summed E-state index contributed by atoms with van der Waals surface area (Å²) in [6.45, 7) is 2.11. The van der Waals surface area contributed by atoms with Gasteiger partial charge in [0.2, 0.25) is 0 Å². The highest BCUT2D eigenvalue weighted by Gasteiger charge is 2.30. The van der Waals surface area contributed by atoms with Crippen molar-refractivity contribution in [3.8, 4) is 0 Å². The van der Waals surface area contributed by atoms with Crippen molar-refractivity contribution in [3.05, 3.63) is 71.5 Å². The average molecular weight is 277 g/mol. The highest BCUT2D eigenvalue weighted by molar-refractivity contribution is 6.18. The zero-order valence-corrected chi connectivity index (χ0v) is 11.8. The number of benzene rings is 2. The van der Waals surface area contributed by atoms with Crippen molar-refractivity contribution in [2.75, 3.05) is 5.88 Å². The molecule has 2 heteroatoms. The van der Waals surface area contributed by atoms with Crippen LogP contribution in [0.25, 0.3) is 0 Å². The van der Waals surface area contributed by atoms with E-state index in [9.17, 15) is 4.39 Å². The van der Waals surface area contributed by atoms with Crippen LogP contribution in [0.3, 0.4) is 0 Å². The average Bonchev–Trinajstić information content (AvgIpc) is 2.48. The van der Waals surface area contributed by atoms with E-state index in [2.05, 4.69) is 19.1 Å². The van der Waals surface area contributed by atoms with Crippen LogP contribution in [-0.2, 0) is 11.8 Å². The topological polar surface area (TPSA) is 0 Å². The normalized spacial score (nSPS) is 14.1. The molecule has 19 heavy (non-hydrogen) atoms. The lowest BCUT2D eigenvalue weighted by atomic mass is 9.75. The molecule has 0 aliphatic heterocycles. The van der Waals surface area contributed by atoms with Crippen molar-refractivity contribution >= 4 is 11.6 Å². The Labute approximate surface area is 119 Å². The maximum Gasteiger partial charge on any atom is 0.126 e. The summed E-state index contributed by atoms with van der Waals surface area (Å²) in [6, 6.07) is 17.1. The molecule has 0 aromatic heterocycles. The molecular formula is C17H18ClF. The molecule has 2 rings (SSSR count). The van der Waals surface area contributed by atoms with Gasteiger partial charge in [-0.3, -0.25) is 0 Å². The molecule has 0 nitrogen and oxygen atoms in total. The van der Waals surface area contributed by atoms with Crippen molar-refractivity contribution in [1.29, 1.82) is 0 Å². The highest BCUT2D eigenvalue weighted by Crippen LogP contribution is 2.34. The summed E-state index contributed by atoms with van der Waals surface area (Å²) < 4.78 is 13.9. The second kappa shape index (κ2) is 6.21. The van der Waals surface area contributed by atoms with E-state index in [0.29, 0.717) is 12.3 Å². The van der Waals surface area contributed by atoms with Gasteiger partial charge < -0.3 is 0 Å². The van der Waals surface area contributed by atoms with Gasteiger partial charge in [-0.05, 0) is 30.0 Å². The summed E-state index contributed by atoms with van der Waals surface area (Å²) in [4.78, 5) is 0. The van der Waals surface area contributed by atoms with Crippen LogP contribution in [0.1, 0.15) is 24.5 Å². The molecule has 2 aromatic carbocycles. The van der Waals surface area contributed by atoms with E-state index < -0.39 is 0 Å². The van der Waals surface area contributed by atoms with Crippen LogP contribution in [0, 0.1) is 5.82 Å². The van der Waals surface area contributed by atoms with Gasteiger partial charge in [-0.25, -0.2) is 4.39 Å². The summed E-state index contributed by atoms with van der Waals surface area (Å²) in [7, 11) is 0. The molecule has 0 spiro atoms. The zero-order valence-electron chi connectivity index (χ0n) is 11.1. The quantitative estimate of drug-likeness (QED) is 0.678. The summed E-state index contributed by atoms with van der Waals surface area (Å²) in [5.74, 6) is 0.336. The number of alkyl halides is 1. The molecule has 0 radical (unpaired) electrons. The number of rotatable bonds is 5. The van der Waals surface area contributed by atoms with Gasteiger partial charge in [-0.2, -0.15) is 0 Å². The molecule has 0 N–H and O–H groups in total. The maximum atomic E-state index is 13.9. The van der Waals surface area contributed by atoms with E-state index in [1.165, 1.54) is 11.6 Å². The van der Waals surface area contributed by atoms with Gasteiger partial charge in [0.1, 0.15) is 5.82 Å². The summed E-state index contributed by atoms with van der Waals surface area (Å²) in [5.41, 5.74) is 1.70. The van der Waals surface area contributed by atoms with E-state index in [1.54, 1.807) is 6.07 Å². The first kappa shape index (κ1) is 14.1. The molecule has 1 atom stereocenters. The minimum Gasteiger partial charge on any atom is -0.207 e. The van der Waals surface area contributed by atoms with Crippen LogP contribution in [0.15, 0.2) is 54.6 Å². The smallest absolute Gasteiger partial charge is 0.126 e. The van der Waals surface area contributed by atoms with Gasteiger partial charge >= 0.3 is 0 Å². The third-order valence-corrected chi connectivity index (χ3v) is 4.32. The predicted octanol–water partition coefficient (Wildman–Crippen LogP) is 4.96. The molecule has 100 valence electrons. The first-order chi connectivity index (χ1) is 9.22. The zero-order chi connectivity index (χ0) is 13.7. The predicted molar refractivity (Wildman–Crippen MR) is 79.2 cm³/mol. The number of halogens is 2. The Morgan fingerprint density at radius 2 is 1.63 bits per heavy atom. The Bertz CT molecular complexity index is 518. The Hall–Kier alpha value is -1.34. The van der Waals surface area contributed by atoms with E-state index >= 15 is 0 Å². The Morgan fingerprint density at radius 3 is 2.21 bits per heavy atom. The van der Waals surface area contributed by atoms with Gasteiger partial charge in [0.15, 0.2) is 0 Å². The lowest BCUT2D eigenvalue weighted by molar-refractivity contribution is 0.447. The fourth-order valence-electron chi connectivity index (χ4n) is 2.45. The standard InChI is InChI=1S/C17H18ClF/c1-2-17(13-18,15-9-4-3-5-10-15)12-14-8-6-7-11-16(14)19/h3-11H,2,12-13H2,1H3. The molecule has 2 aromatic rings. The SMILES string of the molecule is CCC(CCl)(Cc1ccccc1F)c1ccccc1. The number of hydrogen-bond acceptors (Lipinski definition) is 0. The molecule has 0 fully saturated rings. The van der Waals surface area contributed by atoms with Crippen molar-refractivity contribution in [3.63, 3.8) is 0 Å². The van der Waals surface area contributed by atoms with E-state index in [-0.39, 0.29) is 11.2 Å². The lowest BCUT2D eigenvalue weighted by Gasteiger charge is -2.31. The molecular weight excluding hydrogens is 259 g/mol. The number of hydrogen-bond donors (Lipinski definition) is 0. The third kappa shape index (κ3) is 2.98. The van der Waals surface area contributed by atoms with E-state index in [4.69, 9.17) is 11.6 Å². The van der Waals surface area contributed by atoms with Crippen LogP contribution in [0.4, 0.5) is 4.39 Å². The van der Waals surface area contributed by atoms with Gasteiger partial charge in [0.25, 0.3) is 0 Å². The van der Waals surface area contributed by atoms with Gasteiger partial charge in [0, 0.05) is 11.3 Å². The van der Waals surface area contributed by atoms with Crippen molar-refractivity contribution in [1.82, 2.24) is 0 Å². The van der Waals surface area contributed by atoms with Crippen LogP contribution >= 0.6 is 11.6 Å². The van der Waals surface area contributed by atoms with Gasteiger partial charge in [-0.1, -0.05) is 55.5 Å². The fraction of sp³-hybridized carbons (Fsp3) is 0.294. The van der Waals surface area contributed by atoms with Gasteiger partial charge in [0.05, 0.1) is 0 Å². The fourth-order valence-corrected chi connectivity index (χ4v) is 2.89. The molecule has 0 aliphatic carbocycles. The molecule has 0 saturated carbocycles. The Kier molecular flexibility index (Phi) is 4.60. The summed E-state index contributed by atoms with van der Waals surface area (Å²) in [6.07, 6.45) is 1.51. The highest BCUT2D eigenvalue weighted by atomic mass is 35.5. The minimum absolute atomic E-state index is 0.152. The Balaban J connectivity index is 2.38. The Morgan fingerprint density at radius 1 is 1.00 bits per heavy atom. The minimum atomic E-state index is -0.203. The first-order valence-corrected chi connectivity index (χ1v) is 7.10. The van der Waals surface area contributed by atoms with Crippen LogP contribution in [-0.4, -0.2) is 5.88 Å². The molecule has 1 unspecified atom stereocenters. The van der Waals surface area contributed by atoms with E-state index in [0.717, 1.165) is 12.0 Å². The second-order valence-electron chi connectivity index (χ2n) is 4.90. The monoisotopic (exact) mass is 276 g/mol. The van der Waals surface area contributed by atoms with Crippen LogP contribution < -0.4 is 0 Å². The molecule has 0 aliphatic rings. The maximum absolute atomic E-state index is 13.9. The third-order valence-electron chi connectivity index (χ3n) is 3.81. The lowest BCUT2D eigenvalue weighted by Crippen LogP contribution is -2.30. The molecule has 0 heterocycles. The van der Waals surface area contributed by atoms with Gasteiger partial charge in [-0.15, -0.1) is 11.6 Å². The molecule has 0 amide bonds. The molecule has 0 saturated heterocycles. The second-order valence-corrected chi connectivity index (χ2v) is 5.17. The van der Waals surface area contributed by atoms with E-state index in [1.807, 2.05) is 30.3 Å². The molecule has 0 bridgehead atoms.